The van der Waals surface area contributed by atoms with E-state index in [1.165, 1.54) is 48.9 Å². The summed E-state index contributed by atoms with van der Waals surface area (Å²) in [6.45, 7) is 9.77. The minimum Gasteiger partial charge on any atom is -0.326 e. The van der Waals surface area contributed by atoms with Gasteiger partial charge in [-0.2, -0.15) is 0 Å². The van der Waals surface area contributed by atoms with E-state index in [0.717, 1.165) is 48.4 Å². The van der Waals surface area contributed by atoms with Crippen molar-refractivity contribution < 1.29 is 0 Å². The quantitative estimate of drug-likeness (QED) is 0.309. The highest BCUT2D eigenvalue weighted by atomic mass is 15.2. The van der Waals surface area contributed by atoms with Crippen LogP contribution in [0.25, 0.3) is 10.9 Å². The zero-order valence-electron chi connectivity index (χ0n) is 19.2. The van der Waals surface area contributed by atoms with E-state index in [1.54, 1.807) is 0 Å². The Morgan fingerprint density at radius 1 is 0.800 bits per heavy atom. The Morgan fingerprint density at radius 2 is 1.57 bits per heavy atom. The van der Waals surface area contributed by atoms with Gasteiger partial charge in [-0.25, -0.2) is 9.97 Å². The molecule has 0 unspecified atom stereocenters. The monoisotopic (exact) mass is 403 g/mol. The first-order valence-corrected chi connectivity index (χ1v) is 11.8. The van der Waals surface area contributed by atoms with Crippen molar-refractivity contribution in [2.24, 2.45) is 0 Å². The number of rotatable bonds is 11. The van der Waals surface area contributed by atoms with Crippen LogP contribution in [0.1, 0.15) is 76.2 Å². The predicted octanol–water partition coefficient (Wildman–Crippen LogP) is 7.56. The lowest BCUT2D eigenvalue weighted by Crippen LogP contribution is -2.21. The topological polar surface area (TPSA) is 29.0 Å². The summed E-state index contributed by atoms with van der Waals surface area (Å²) in [5.74, 6) is 1.87. The van der Waals surface area contributed by atoms with E-state index in [4.69, 9.17) is 4.98 Å². The number of aryl methyl sites for hydroxylation is 3. The molecule has 0 fully saturated rings. The van der Waals surface area contributed by atoms with Crippen LogP contribution in [0.15, 0.2) is 42.5 Å². The maximum absolute atomic E-state index is 4.92. The van der Waals surface area contributed by atoms with Gasteiger partial charge in [-0.1, -0.05) is 64.7 Å². The summed E-state index contributed by atoms with van der Waals surface area (Å²) in [4.78, 5) is 12.0. The van der Waals surface area contributed by atoms with Gasteiger partial charge in [0.25, 0.3) is 0 Å². The fourth-order valence-electron chi connectivity index (χ4n) is 4.18. The zero-order valence-corrected chi connectivity index (χ0v) is 19.2. The zero-order chi connectivity index (χ0) is 21.3. The van der Waals surface area contributed by atoms with Crippen LogP contribution >= 0.6 is 0 Å². The Labute approximate surface area is 182 Å². The first-order valence-electron chi connectivity index (χ1n) is 11.8. The SMILES string of the molecule is CCCCCc1cc(N(CCCCC)c2nc(C)nc3ccccc23)ccc1CC. The Hall–Kier alpha value is -2.42. The maximum Gasteiger partial charge on any atom is 0.144 e. The van der Waals surface area contributed by atoms with Gasteiger partial charge in [0.15, 0.2) is 0 Å². The summed E-state index contributed by atoms with van der Waals surface area (Å²) in [6.07, 6.45) is 9.68. The van der Waals surface area contributed by atoms with Crippen molar-refractivity contribution in [3.63, 3.8) is 0 Å². The van der Waals surface area contributed by atoms with Gasteiger partial charge in [-0.05, 0) is 68.0 Å². The molecule has 1 aromatic heterocycles. The highest BCUT2D eigenvalue weighted by molar-refractivity contribution is 5.91. The molecule has 160 valence electrons. The van der Waals surface area contributed by atoms with Crippen molar-refractivity contribution in [3.05, 3.63) is 59.4 Å². The lowest BCUT2D eigenvalue weighted by atomic mass is 9.98. The molecular formula is C27H37N3. The second-order valence-corrected chi connectivity index (χ2v) is 8.23. The van der Waals surface area contributed by atoms with Gasteiger partial charge in [0.05, 0.1) is 5.52 Å². The first kappa shape index (κ1) is 22.3. The van der Waals surface area contributed by atoms with Crippen molar-refractivity contribution in [1.29, 1.82) is 0 Å². The molecule has 0 aliphatic rings. The first-order chi connectivity index (χ1) is 14.7. The van der Waals surface area contributed by atoms with Crippen LogP contribution in [0.3, 0.4) is 0 Å². The highest BCUT2D eigenvalue weighted by Gasteiger charge is 2.17. The Balaban J connectivity index is 2.05. The summed E-state index contributed by atoms with van der Waals surface area (Å²) >= 11 is 0. The molecule has 0 spiro atoms. The van der Waals surface area contributed by atoms with Crippen LogP contribution in [0.4, 0.5) is 11.5 Å². The third kappa shape index (κ3) is 5.38. The molecule has 3 nitrogen and oxygen atoms in total. The molecular weight excluding hydrogens is 366 g/mol. The molecule has 2 aromatic carbocycles. The van der Waals surface area contributed by atoms with Gasteiger partial charge in [0.2, 0.25) is 0 Å². The molecule has 0 atom stereocenters. The highest BCUT2D eigenvalue weighted by Crippen LogP contribution is 2.32. The standard InChI is InChI=1S/C27H37N3/c1-5-8-10-14-23-20-24(18-17-22(23)7-3)30(19-13-9-6-2)27-25-15-11-12-16-26(25)28-21(4)29-27/h11-12,15-18,20H,5-10,13-14,19H2,1-4H3. The summed E-state index contributed by atoms with van der Waals surface area (Å²) in [5, 5.41) is 1.13. The van der Waals surface area contributed by atoms with Crippen LogP contribution in [0.2, 0.25) is 0 Å². The van der Waals surface area contributed by atoms with E-state index in [2.05, 4.69) is 73.1 Å². The van der Waals surface area contributed by atoms with E-state index in [-0.39, 0.29) is 0 Å². The van der Waals surface area contributed by atoms with Crippen LogP contribution in [0.5, 0.6) is 0 Å². The summed E-state index contributed by atoms with van der Waals surface area (Å²) < 4.78 is 0. The molecule has 0 N–H and O–H groups in total. The number of aromatic nitrogens is 2. The van der Waals surface area contributed by atoms with Crippen molar-refractivity contribution >= 4 is 22.4 Å². The largest absolute Gasteiger partial charge is 0.326 e. The molecule has 0 aliphatic heterocycles. The van der Waals surface area contributed by atoms with Crippen molar-refractivity contribution in [2.75, 3.05) is 11.4 Å². The molecule has 0 aliphatic carbocycles. The smallest absolute Gasteiger partial charge is 0.144 e. The maximum atomic E-state index is 4.92. The molecule has 0 saturated heterocycles. The third-order valence-electron chi connectivity index (χ3n) is 5.87. The van der Waals surface area contributed by atoms with Gasteiger partial charge in [-0.3, -0.25) is 0 Å². The number of benzene rings is 2. The molecule has 30 heavy (non-hydrogen) atoms. The normalized spacial score (nSPS) is 11.2. The van der Waals surface area contributed by atoms with Crippen molar-refractivity contribution in [3.8, 4) is 0 Å². The molecule has 0 radical (unpaired) electrons. The van der Waals surface area contributed by atoms with Gasteiger partial charge >= 0.3 is 0 Å². The van der Waals surface area contributed by atoms with E-state index < -0.39 is 0 Å². The lowest BCUT2D eigenvalue weighted by Gasteiger charge is -2.26. The van der Waals surface area contributed by atoms with Crippen LogP contribution in [-0.2, 0) is 12.8 Å². The molecule has 3 heteroatoms. The number of unbranched alkanes of at least 4 members (excludes halogenated alkanes) is 4. The summed E-state index contributed by atoms with van der Waals surface area (Å²) in [5.41, 5.74) is 5.26. The molecule has 1 heterocycles. The average Bonchev–Trinajstić information content (AvgIpc) is 2.76. The molecule has 3 rings (SSSR count). The third-order valence-corrected chi connectivity index (χ3v) is 5.87. The molecule has 0 bridgehead atoms. The van der Waals surface area contributed by atoms with Gasteiger partial charge < -0.3 is 4.90 Å². The minimum absolute atomic E-state index is 0.831. The van der Waals surface area contributed by atoms with E-state index >= 15 is 0 Å². The average molecular weight is 404 g/mol. The Bertz CT molecular complexity index is 948. The predicted molar refractivity (Wildman–Crippen MR) is 130 cm³/mol. The van der Waals surface area contributed by atoms with Crippen LogP contribution in [0, 0.1) is 6.92 Å². The molecule has 0 saturated carbocycles. The van der Waals surface area contributed by atoms with E-state index in [0.29, 0.717) is 0 Å². The Morgan fingerprint density at radius 3 is 2.33 bits per heavy atom. The van der Waals surface area contributed by atoms with E-state index in [9.17, 15) is 0 Å². The lowest BCUT2D eigenvalue weighted by molar-refractivity contribution is 0.708. The van der Waals surface area contributed by atoms with Crippen molar-refractivity contribution in [1.82, 2.24) is 9.97 Å². The minimum atomic E-state index is 0.831. The van der Waals surface area contributed by atoms with Gasteiger partial charge in [-0.15, -0.1) is 0 Å². The van der Waals surface area contributed by atoms with Crippen LogP contribution < -0.4 is 4.90 Å². The molecule has 0 amide bonds. The number of anilines is 2. The van der Waals surface area contributed by atoms with Gasteiger partial charge in [0.1, 0.15) is 11.6 Å². The second-order valence-electron chi connectivity index (χ2n) is 8.23. The molecule has 3 aromatic rings. The number of para-hydroxylation sites is 1. The summed E-state index contributed by atoms with van der Waals surface area (Å²) in [7, 11) is 0. The van der Waals surface area contributed by atoms with Crippen LogP contribution in [-0.4, -0.2) is 16.5 Å². The fourth-order valence-corrected chi connectivity index (χ4v) is 4.18. The van der Waals surface area contributed by atoms with Crippen molar-refractivity contribution in [2.45, 2.75) is 79.1 Å². The summed E-state index contributed by atoms with van der Waals surface area (Å²) in [6, 6.07) is 15.4. The van der Waals surface area contributed by atoms with E-state index in [1.807, 2.05) is 6.92 Å². The fraction of sp³-hybridized carbons (Fsp3) is 0.481. The number of nitrogens with zero attached hydrogens (tertiary/aromatic N) is 3. The number of hydrogen-bond donors (Lipinski definition) is 0. The Kier molecular flexibility index (Phi) is 8.24. The second kappa shape index (κ2) is 11.1. The van der Waals surface area contributed by atoms with Gasteiger partial charge in [0, 0.05) is 17.6 Å². The number of fused-ring (bicyclic) bond motifs is 1. The number of hydrogen-bond acceptors (Lipinski definition) is 3.